The molecule has 1 rings (SSSR count). The maximum Gasteiger partial charge on any atom is 0.408 e. The summed E-state index contributed by atoms with van der Waals surface area (Å²) in [7, 11) is 0. The zero-order chi connectivity index (χ0) is 15.3. The Morgan fingerprint density at radius 1 is 1.30 bits per heavy atom. The van der Waals surface area contributed by atoms with E-state index >= 15 is 0 Å². The largest absolute Gasteiger partial charge is 0.480 e. The van der Waals surface area contributed by atoms with Crippen molar-refractivity contribution in [2.45, 2.75) is 64.2 Å². The Morgan fingerprint density at radius 3 is 2.30 bits per heavy atom. The molecule has 1 aliphatic rings. The number of rotatable bonds is 5. The monoisotopic (exact) mass is 287 g/mol. The standard InChI is InChI=1S/C13H21NO6/c1-13(2,3)20-12(18)14-9(11(16)17)7-10(15)19-8-5-4-6-8/h8-9H,4-7H2,1-3H3,(H,14,18)(H,16,17)/t9-/m0/s1. The number of nitrogens with one attached hydrogen (secondary N) is 1. The minimum Gasteiger partial charge on any atom is -0.480 e. The number of carboxylic acid groups (broad SMARTS) is 1. The van der Waals surface area contributed by atoms with Gasteiger partial charge in [-0.2, -0.15) is 0 Å². The van der Waals surface area contributed by atoms with Crippen LogP contribution in [0.2, 0.25) is 0 Å². The highest BCUT2D eigenvalue weighted by Crippen LogP contribution is 2.22. The van der Waals surface area contributed by atoms with E-state index in [0.29, 0.717) is 0 Å². The van der Waals surface area contributed by atoms with Gasteiger partial charge in [-0.05, 0) is 40.0 Å². The third-order valence-electron chi connectivity index (χ3n) is 2.71. The van der Waals surface area contributed by atoms with Gasteiger partial charge in [-0.1, -0.05) is 0 Å². The lowest BCUT2D eigenvalue weighted by Gasteiger charge is -2.26. The Labute approximate surface area is 117 Å². The number of aliphatic carboxylic acids is 1. The first-order chi connectivity index (χ1) is 9.17. The van der Waals surface area contributed by atoms with Crippen LogP contribution in [0.15, 0.2) is 0 Å². The van der Waals surface area contributed by atoms with Crippen molar-refractivity contribution < 1.29 is 29.0 Å². The highest BCUT2D eigenvalue weighted by atomic mass is 16.6. The second-order valence-electron chi connectivity index (χ2n) is 5.78. The van der Waals surface area contributed by atoms with Crippen LogP contribution in [0.4, 0.5) is 4.79 Å². The average Bonchev–Trinajstić information content (AvgIpc) is 2.19. The summed E-state index contributed by atoms with van der Waals surface area (Å²) in [4.78, 5) is 34.1. The van der Waals surface area contributed by atoms with E-state index in [0.717, 1.165) is 19.3 Å². The van der Waals surface area contributed by atoms with Crippen LogP contribution in [0.3, 0.4) is 0 Å². The van der Waals surface area contributed by atoms with E-state index in [1.54, 1.807) is 20.8 Å². The molecule has 114 valence electrons. The maximum atomic E-state index is 11.6. The van der Waals surface area contributed by atoms with Crippen LogP contribution >= 0.6 is 0 Å². The molecule has 0 saturated heterocycles. The topological polar surface area (TPSA) is 102 Å². The van der Waals surface area contributed by atoms with E-state index in [9.17, 15) is 14.4 Å². The number of hydrogen-bond donors (Lipinski definition) is 2. The molecule has 0 aromatic carbocycles. The average molecular weight is 287 g/mol. The van der Waals surface area contributed by atoms with E-state index in [2.05, 4.69) is 5.32 Å². The van der Waals surface area contributed by atoms with Gasteiger partial charge in [0.25, 0.3) is 0 Å². The molecule has 0 unspecified atom stereocenters. The molecule has 1 saturated carbocycles. The number of alkyl carbamates (subject to hydrolysis) is 1. The molecule has 20 heavy (non-hydrogen) atoms. The van der Waals surface area contributed by atoms with Gasteiger partial charge in [-0.3, -0.25) is 4.79 Å². The minimum absolute atomic E-state index is 0.113. The summed E-state index contributed by atoms with van der Waals surface area (Å²) < 4.78 is 10.0. The first kappa shape index (κ1) is 16.3. The van der Waals surface area contributed by atoms with Crippen molar-refractivity contribution in [3.05, 3.63) is 0 Å². The number of ether oxygens (including phenoxy) is 2. The Bertz CT molecular complexity index is 383. The van der Waals surface area contributed by atoms with E-state index in [4.69, 9.17) is 14.6 Å². The van der Waals surface area contributed by atoms with Gasteiger partial charge in [0.15, 0.2) is 0 Å². The Hall–Kier alpha value is -1.79. The van der Waals surface area contributed by atoms with Crippen LogP contribution < -0.4 is 5.32 Å². The second kappa shape index (κ2) is 6.58. The van der Waals surface area contributed by atoms with Crippen LogP contribution in [0.1, 0.15) is 46.5 Å². The van der Waals surface area contributed by atoms with Crippen molar-refractivity contribution in [3.63, 3.8) is 0 Å². The first-order valence-corrected chi connectivity index (χ1v) is 6.59. The van der Waals surface area contributed by atoms with Crippen LogP contribution in [0, 0.1) is 0 Å². The molecule has 0 aromatic rings. The zero-order valence-corrected chi connectivity index (χ0v) is 12.0. The summed E-state index contributed by atoms with van der Waals surface area (Å²) in [6.45, 7) is 4.98. The Morgan fingerprint density at radius 2 is 1.90 bits per heavy atom. The molecular weight excluding hydrogens is 266 g/mol. The van der Waals surface area contributed by atoms with Gasteiger partial charge in [0, 0.05) is 0 Å². The highest BCUT2D eigenvalue weighted by Gasteiger charge is 2.29. The molecule has 0 aromatic heterocycles. The first-order valence-electron chi connectivity index (χ1n) is 6.59. The van der Waals surface area contributed by atoms with Gasteiger partial charge in [0.05, 0.1) is 6.42 Å². The number of carboxylic acids is 1. The maximum absolute atomic E-state index is 11.6. The number of carbonyl (C=O) groups excluding carboxylic acids is 2. The Kier molecular flexibility index (Phi) is 5.35. The van der Waals surface area contributed by atoms with Crippen LogP contribution in [-0.4, -0.2) is 40.9 Å². The number of carbonyl (C=O) groups is 3. The summed E-state index contributed by atoms with van der Waals surface area (Å²) in [6, 6.07) is -1.35. The summed E-state index contributed by atoms with van der Waals surface area (Å²) in [5.41, 5.74) is -0.737. The molecule has 0 heterocycles. The smallest absolute Gasteiger partial charge is 0.408 e. The molecule has 1 fully saturated rings. The van der Waals surface area contributed by atoms with Gasteiger partial charge >= 0.3 is 18.0 Å². The summed E-state index contributed by atoms with van der Waals surface area (Å²) in [5, 5.41) is 11.1. The van der Waals surface area contributed by atoms with Crippen molar-refractivity contribution in [1.29, 1.82) is 0 Å². The van der Waals surface area contributed by atoms with E-state index < -0.39 is 36.1 Å². The SMILES string of the molecule is CC(C)(C)OC(=O)N[C@@H](CC(=O)OC1CCC1)C(=O)O. The lowest BCUT2D eigenvalue weighted by molar-refractivity contribution is -0.156. The van der Waals surface area contributed by atoms with E-state index in [-0.39, 0.29) is 6.10 Å². The lowest BCUT2D eigenvalue weighted by atomic mass is 9.96. The molecule has 0 bridgehead atoms. The molecule has 2 N–H and O–H groups in total. The predicted molar refractivity (Wildman–Crippen MR) is 69.1 cm³/mol. The van der Waals surface area contributed by atoms with E-state index in [1.807, 2.05) is 0 Å². The van der Waals surface area contributed by atoms with Crippen molar-refractivity contribution in [2.75, 3.05) is 0 Å². The fourth-order valence-corrected chi connectivity index (χ4v) is 1.54. The van der Waals surface area contributed by atoms with Gasteiger partial charge in [-0.15, -0.1) is 0 Å². The third kappa shape index (κ3) is 5.90. The normalized spacial score (nSPS) is 16.8. The lowest BCUT2D eigenvalue weighted by Crippen LogP contribution is -2.45. The van der Waals surface area contributed by atoms with Crippen LogP contribution in [0.25, 0.3) is 0 Å². The molecule has 7 heteroatoms. The molecule has 0 spiro atoms. The third-order valence-corrected chi connectivity index (χ3v) is 2.71. The summed E-state index contributed by atoms with van der Waals surface area (Å²) in [5.74, 6) is -1.93. The quantitative estimate of drug-likeness (QED) is 0.742. The van der Waals surface area contributed by atoms with Crippen LogP contribution in [-0.2, 0) is 19.1 Å². The summed E-state index contributed by atoms with van der Waals surface area (Å²) >= 11 is 0. The minimum atomic E-state index is -1.35. The molecule has 1 aliphatic carbocycles. The molecule has 0 aliphatic heterocycles. The predicted octanol–water partition coefficient (Wildman–Crippen LogP) is 1.45. The van der Waals surface area contributed by atoms with Crippen molar-refractivity contribution in [1.82, 2.24) is 5.32 Å². The van der Waals surface area contributed by atoms with Gasteiger partial charge < -0.3 is 19.9 Å². The number of hydrogen-bond acceptors (Lipinski definition) is 5. The summed E-state index contributed by atoms with van der Waals surface area (Å²) in [6.07, 6.45) is 1.23. The van der Waals surface area contributed by atoms with E-state index in [1.165, 1.54) is 0 Å². The fourth-order valence-electron chi connectivity index (χ4n) is 1.54. The fraction of sp³-hybridized carbons (Fsp3) is 0.769. The number of amides is 1. The van der Waals surface area contributed by atoms with Crippen molar-refractivity contribution in [3.8, 4) is 0 Å². The van der Waals surface area contributed by atoms with Gasteiger partial charge in [0.2, 0.25) is 0 Å². The Balaban J connectivity index is 2.45. The highest BCUT2D eigenvalue weighted by molar-refractivity contribution is 5.85. The van der Waals surface area contributed by atoms with Crippen LogP contribution in [0.5, 0.6) is 0 Å². The molecule has 1 atom stereocenters. The molecule has 1 amide bonds. The molecular formula is C13H21NO6. The van der Waals surface area contributed by atoms with Crippen molar-refractivity contribution >= 4 is 18.0 Å². The number of esters is 1. The zero-order valence-electron chi connectivity index (χ0n) is 12.0. The van der Waals surface area contributed by atoms with Gasteiger partial charge in [0.1, 0.15) is 17.7 Å². The van der Waals surface area contributed by atoms with Gasteiger partial charge in [-0.25, -0.2) is 9.59 Å². The molecule has 7 nitrogen and oxygen atoms in total. The molecule has 0 radical (unpaired) electrons. The van der Waals surface area contributed by atoms with Crippen molar-refractivity contribution in [2.24, 2.45) is 0 Å². The second-order valence-corrected chi connectivity index (χ2v) is 5.78.